The van der Waals surface area contributed by atoms with Crippen LogP contribution in [0.1, 0.15) is 38.7 Å². The van der Waals surface area contributed by atoms with Gasteiger partial charge in [-0.25, -0.2) is 0 Å². The number of carboxylic acids is 1. The summed E-state index contributed by atoms with van der Waals surface area (Å²) in [5, 5.41) is 8.97. The van der Waals surface area contributed by atoms with Crippen LogP contribution in [0.4, 0.5) is 0 Å². The highest BCUT2D eigenvalue weighted by Gasteiger charge is 2.22. The van der Waals surface area contributed by atoms with Crippen molar-refractivity contribution in [1.29, 1.82) is 0 Å². The Morgan fingerprint density at radius 3 is 2.91 bits per heavy atom. The number of nitrogens with zero attached hydrogens (tertiary/aromatic N) is 1. The van der Waals surface area contributed by atoms with Gasteiger partial charge < -0.3 is 9.84 Å². The normalized spacial score (nSPS) is 19.3. The SMILES string of the molecule is CC(C)COc1ccccc1CN1CCCC(CC(=O)O)C1. The summed E-state index contributed by atoms with van der Waals surface area (Å²) in [6, 6.07) is 8.17. The van der Waals surface area contributed by atoms with Crippen LogP contribution in [0, 0.1) is 11.8 Å². The maximum atomic E-state index is 10.9. The van der Waals surface area contributed by atoms with Crippen molar-refractivity contribution in [3.8, 4) is 5.75 Å². The van der Waals surface area contributed by atoms with Crippen molar-refractivity contribution >= 4 is 5.97 Å². The average molecular weight is 305 g/mol. The molecule has 1 atom stereocenters. The summed E-state index contributed by atoms with van der Waals surface area (Å²) in [6.45, 7) is 7.75. The predicted molar refractivity (Wildman–Crippen MR) is 87.0 cm³/mol. The number of rotatable bonds is 7. The van der Waals surface area contributed by atoms with E-state index < -0.39 is 5.97 Å². The third kappa shape index (κ3) is 5.34. The number of piperidine rings is 1. The number of carboxylic acid groups (broad SMARTS) is 1. The zero-order chi connectivity index (χ0) is 15.9. The van der Waals surface area contributed by atoms with Crippen LogP contribution in [0.15, 0.2) is 24.3 Å². The van der Waals surface area contributed by atoms with E-state index in [9.17, 15) is 4.79 Å². The van der Waals surface area contributed by atoms with Gasteiger partial charge in [0.1, 0.15) is 5.75 Å². The maximum Gasteiger partial charge on any atom is 0.303 e. The van der Waals surface area contributed by atoms with Gasteiger partial charge in [0.15, 0.2) is 0 Å². The van der Waals surface area contributed by atoms with Crippen molar-refractivity contribution in [2.24, 2.45) is 11.8 Å². The first kappa shape index (κ1) is 16.8. The largest absolute Gasteiger partial charge is 0.493 e. The number of ether oxygens (including phenoxy) is 1. The lowest BCUT2D eigenvalue weighted by molar-refractivity contribution is -0.138. The summed E-state index contributed by atoms with van der Waals surface area (Å²) in [5.74, 6) is 1.04. The van der Waals surface area contributed by atoms with E-state index in [1.54, 1.807) is 0 Å². The summed E-state index contributed by atoms with van der Waals surface area (Å²) < 4.78 is 5.91. The Kier molecular flexibility index (Phi) is 6.25. The van der Waals surface area contributed by atoms with Gasteiger partial charge in [-0.1, -0.05) is 32.0 Å². The number of hydrogen-bond acceptors (Lipinski definition) is 3. The van der Waals surface area contributed by atoms with Crippen molar-refractivity contribution in [3.05, 3.63) is 29.8 Å². The fourth-order valence-electron chi connectivity index (χ4n) is 2.98. The molecule has 1 fully saturated rings. The zero-order valence-electron chi connectivity index (χ0n) is 13.6. The van der Waals surface area contributed by atoms with Gasteiger partial charge in [-0.15, -0.1) is 0 Å². The van der Waals surface area contributed by atoms with Crippen LogP contribution < -0.4 is 4.74 Å². The molecule has 122 valence electrons. The van der Waals surface area contributed by atoms with Crippen LogP contribution in [-0.2, 0) is 11.3 Å². The molecule has 1 N–H and O–H groups in total. The standard InChI is InChI=1S/C18H27NO3/c1-14(2)13-22-17-8-4-3-7-16(17)12-19-9-5-6-15(11-19)10-18(20)21/h3-4,7-8,14-15H,5-6,9-13H2,1-2H3,(H,20,21). The lowest BCUT2D eigenvalue weighted by atomic mass is 9.94. The van der Waals surface area contributed by atoms with Gasteiger partial charge in [-0.3, -0.25) is 9.69 Å². The number of para-hydroxylation sites is 1. The second kappa shape index (κ2) is 8.18. The van der Waals surface area contributed by atoms with Crippen LogP contribution in [0.25, 0.3) is 0 Å². The molecule has 1 unspecified atom stereocenters. The van der Waals surface area contributed by atoms with E-state index in [2.05, 4.69) is 24.8 Å². The van der Waals surface area contributed by atoms with Gasteiger partial charge >= 0.3 is 5.97 Å². The third-order valence-corrected chi connectivity index (χ3v) is 4.01. The number of hydrogen-bond donors (Lipinski definition) is 1. The van der Waals surface area contributed by atoms with E-state index in [-0.39, 0.29) is 12.3 Å². The van der Waals surface area contributed by atoms with E-state index >= 15 is 0 Å². The summed E-state index contributed by atoms with van der Waals surface area (Å²) >= 11 is 0. The minimum absolute atomic E-state index is 0.273. The molecule has 4 heteroatoms. The Hall–Kier alpha value is -1.55. The van der Waals surface area contributed by atoms with Crippen LogP contribution in [0.2, 0.25) is 0 Å². The monoisotopic (exact) mass is 305 g/mol. The summed E-state index contributed by atoms with van der Waals surface area (Å²) in [7, 11) is 0. The Balaban J connectivity index is 1.96. The quantitative estimate of drug-likeness (QED) is 0.838. The summed E-state index contributed by atoms with van der Waals surface area (Å²) in [6.07, 6.45) is 2.38. The molecule has 2 rings (SSSR count). The second-order valence-corrected chi connectivity index (χ2v) is 6.65. The van der Waals surface area contributed by atoms with Gasteiger partial charge in [0.05, 0.1) is 6.61 Å². The van der Waals surface area contributed by atoms with Crippen molar-refractivity contribution in [3.63, 3.8) is 0 Å². The molecule has 1 saturated heterocycles. The maximum absolute atomic E-state index is 10.9. The first-order chi connectivity index (χ1) is 10.5. The Morgan fingerprint density at radius 1 is 1.41 bits per heavy atom. The smallest absolute Gasteiger partial charge is 0.303 e. The van der Waals surface area contributed by atoms with E-state index in [1.165, 1.54) is 5.56 Å². The highest BCUT2D eigenvalue weighted by molar-refractivity contribution is 5.67. The topological polar surface area (TPSA) is 49.8 Å². The summed E-state index contributed by atoms with van der Waals surface area (Å²) in [5.41, 5.74) is 1.19. The van der Waals surface area contributed by atoms with Crippen molar-refractivity contribution in [2.45, 2.75) is 39.7 Å². The van der Waals surface area contributed by atoms with Gasteiger partial charge in [0.2, 0.25) is 0 Å². The minimum atomic E-state index is -0.687. The molecule has 0 aromatic heterocycles. The molecule has 1 aliphatic heterocycles. The molecular formula is C18H27NO3. The average Bonchev–Trinajstić information content (AvgIpc) is 2.46. The van der Waals surface area contributed by atoms with Gasteiger partial charge in [-0.05, 0) is 37.3 Å². The van der Waals surface area contributed by atoms with Crippen LogP contribution in [0.3, 0.4) is 0 Å². The molecule has 0 bridgehead atoms. The molecule has 0 spiro atoms. The molecule has 4 nitrogen and oxygen atoms in total. The molecule has 0 aliphatic carbocycles. The number of aliphatic carboxylic acids is 1. The highest BCUT2D eigenvalue weighted by Crippen LogP contribution is 2.25. The van der Waals surface area contributed by atoms with E-state index in [4.69, 9.17) is 9.84 Å². The molecule has 1 aromatic carbocycles. The minimum Gasteiger partial charge on any atom is -0.493 e. The number of benzene rings is 1. The van der Waals surface area contributed by atoms with Gasteiger partial charge in [0, 0.05) is 25.1 Å². The van der Waals surface area contributed by atoms with Crippen molar-refractivity contribution in [1.82, 2.24) is 4.90 Å². The van der Waals surface area contributed by atoms with E-state index in [0.29, 0.717) is 5.92 Å². The first-order valence-corrected chi connectivity index (χ1v) is 8.19. The fourth-order valence-corrected chi connectivity index (χ4v) is 2.98. The first-order valence-electron chi connectivity index (χ1n) is 8.19. The van der Waals surface area contributed by atoms with Crippen molar-refractivity contribution < 1.29 is 14.6 Å². The Labute approximate surface area is 133 Å². The molecule has 22 heavy (non-hydrogen) atoms. The molecule has 0 saturated carbocycles. The lowest BCUT2D eigenvalue weighted by Gasteiger charge is -2.32. The summed E-state index contributed by atoms with van der Waals surface area (Å²) in [4.78, 5) is 13.3. The van der Waals surface area contributed by atoms with Crippen LogP contribution >= 0.6 is 0 Å². The molecule has 0 amide bonds. The van der Waals surface area contributed by atoms with Gasteiger partial charge in [0.25, 0.3) is 0 Å². The van der Waals surface area contributed by atoms with E-state index in [0.717, 1.165) is 44.8 Å². The van der Waals surface area contributed by atoms with Crippen molar-refractivity contribution in [2.75, 3.05) is 19.7 Å². The Morgan fingerprint density at radius 2 is 2.18 bits per heavy atom. The van der Waals surface area contributed by atoms with Crippen LogP contribution in [-0.4, -0.2) is 35.7 Å². The molecular weight excluding hydrogens is 278 g/mol. The fraction of sp³-hybridized carbons (Fsp3) is 0.611. The predicted octanol–water partition coefficient (Wildman–Crippen LogP) is 3.41. The lowest BCUT2D eigenvalue weighted by Crippen LogP contribution is -2.35. The zero-order valence-corrected chi connectivity index (χ0v) is 13.6. The second-order valence-electron chi connectivity index (χ2n) is 6.65. The highest BCUT2D eigenvalue weighted by atomic mass is 16.5. The Bertz CT molecular complexity index is 487. The molecule has 1 aliphatic rings. The number of carbonyl (C=O) groups is 1. The number of likely N-dealkylation sites (tertiary alicyclic amines) is 1. The molecule has 1 heterocycles. The van der Waals surface area contributed by atoms with Gasteiger partial charge in [-0.2, -0.15) is 0 Å². The third-order valence-electron chi connectivity index (χ3n) is 4.01. The molecule has 0 radical (unpaired) electrons. The van der Waals surface area contributed by atoms with E-state index in [1.807, 2.05) is 18.2 Å². The van der Waals surface area contributed by atoms with Crippen LogP contribution in [0.5, 0.6) is 5.75 Å². The molecule has 1 aromatic rings.